The number of pyridine rings is 1. The lowest BCUT2D eigenvalue weighted by molar-refractivity contribution is 0.102. The van der Waals surface area contributed by atoms with Gasteiger partial charge in [-0.05, 0) is 39.0 Å². The smallest absolute Gasteiger partial charge is 0.209 e. The van der Waals surface area contributed by atoms with E-state index in [1.165, 1.54) is 11.8 Å². The van der Waals surface area contributed by atoms with Gasteiger partial charge in [-0.2, -0.15) is 0 Å². The molecule has 7 heteroatoms. The largest absolute Gasteiger partial charge is 0.349 e. The van der Waals surface area contributed by atoms with Crippen LogP contribution in [0.3, 0.4) is 0 Å². The van der Waals surface area contributed by atoms with E-state index in [9.17, 15) is 4.79 Å². The van der Waals surface area contributed by atoms with Gasteiger partial charge < -0.3 is 4.57 Å². The predicted octanol–water partition coefficient (Wildman–Crippen LogP) is 3.28. The van der Waals surface area contributed by atoms with E-state index < -0.39 is 0 Å². The second kappa shape index (κ2) is 7.00. The van der Waals surface area contributed by atoms with Crippen molar-refractivity contribution in [1.29, 1.82) is 0 Å². The standard InChI is InChI=1S/C17H19N5OS/c1-4-22-11(2)9-14(12(22)3)15(23)10-24-17-19-16(20-21-17)13-5-7-18-8-6-13/h5-9H,4,10H2,1-3H3,(H,19,20,21). The first-order chi connectivity index (χ1) is 11.6. The van der Waals surface area contributed by atoms with Gasteiger partial charge in [0.2, 0.25) is 5.16 Å². The number of rotatable bonds is 6. The Labute approximate surface area is 144 Å². The van der Waals surface area contributed by atoms with E-state index in [1.54, 1.807) is 12.4 Å². The van der Waals surface area contributed by atoms with Crippen molar-refractivity contribution in [1.82, 2.24) is 24.7 Å². The highest BCUT2D eigenvalue weighted by molar-refractivity contribution is 7.99. The zero-order chi connectivity index (χ0) is 17.1. The van der Waals surface area contributed by atoms with Crippen LogP contribution in [0.4, 0.5) is 0 Å². The van der Waals surface area contributed by atoms with Crippen LogP contribution >= 0.6 is 11.8 Å². The first-order valence-electron chi connectivity index (χ1n) is 7.75. The molecule has 3 rings (SSSR count). The Bertz CT molecular complexity index is 853. The Balaban J connectivity index is 1.68. The van der Waals surface area contributed by atoms with E-state index in [0.29, 0.717) is 16.7 Å². The maximum Gasteiger partial charge on any atom is 0.209 e. The van der Waals surface area contributed by atoms with Gasteiger partial charge in [0.1, 0.15) is 0 Å². The highest BCUT2D eigenvalue weighted by Gasteiger charge is 2.16. The molecule has 24 heavy (non-hydrogen) atoms. The summed E-state index contributed by atoms with van der Waals surface area (Å²) in [6, 6.07) is 5.68. The van der Waals surface area contributed by atoms with Crippen molar-refractivity contribution < 1.29 is 4.79 Å². The highest BCUT2D eigenvalue weighted by atomic mass is 32.2. The molecule has 0 aliphatic rings. The average Bonchev–Trinajstić information content (AvgIpc) is 3.18. The Hall–Kier alpha value is -2.41. The molecule has 3 aromatic heterocycles. The molecule has 0 saturated heterocycles. The van der Waals surface area contributed by atoms with Crippen molar-refractivity contribution in [2.45, 2.75) is 32.5 Å². The van der Waals surface area contributed by atoms with Crippen molar-refractivity contribution in [2.75, 3.05) is 5.75 Å². The van der Waals surface area contributed by atoms with Crippen LogP contribution in [-0.4, -0.2) is 36.3 Å². The molecule has 0 unspecified atom stereocenters. The molecule has 0 spiro atoms. The summed E-state index contributed by atoms with van der Waals surface area (Å²) in [4.78, 5) is 20.9. The van der Waals surface area contributed by atoms with Crippen LogP contribution in [0.15, 0.2) is 35.7 Å². The minimum Gasteiger partial charge on any atom is -0.349 e. The Kier molecular flexibility index (Phi) is 4.80. The van der Waals surface area contributed by atoms with Crippen molar-refractivity contribution in [3.05, 3.63) is 47.5 Å². The van der Waals surface area contributed by atoms with E-state index in [2.05, 4.69) is 31.7 Å². The predicted molar refractivity (Wildman–Crippen MR) is 94.2 cm³/mol. The number of aryl methyl sites for hydroxylation is 1. The van der Waals surface area contributed by atoms with Crippen molar-refractivity contribution >= 4 is 17.5 Å². The molecule has 3 heterocycles. The fourth-order valence-corrected chi connectivity index (χ4v) is 3.41. The molecular formula is C17H19N5OS. The second-order valence-electron chi connectivity index (χ2n) is 5.44. The number of hydrogen-bond acceptors (Lipinski definition) is 5. The number of thioether (sulfide) groups is 1. The monoisotopic (exact) mass is 341 g/mol. The van der Waals surface area contributed by atoms with Gasteiger partial charge in [0.05, 0.1) is 5.75 Å². The first kappa shape index (κ1) is 16.4. The van der Waals surface area contributed by atoms with Crippen molar-refractivity contribution in [3.8, 4) is 11.4 Å². The molecule has 0 atom stereocenters. The number of carbonyl (C=O) groups excluding carboxylic acids is 1. The number of H-pyrrole nitrogens is 1. The van der Waals surface area contributed by atoms with Gasteiger partial charge in [-0.3, -0.25) is 14.9 Å². The van der Waals surface area contributed by atoms with Crippen molar-refractivity contribution in [3.63, 3.8) is 0 Å². The molecule has 6 nitrogen and oxygen atoms in total. The maximum atomic E-state index is 12.5. The summed E-state index contributed by atoms with van der Waals surface area (Å²) in [5.41, 5.74) is 3.84. The van der Waals surface area contributed by atoms with Gasteiger partial charge in [-0.1, -0.05) is 11.8 Å². The summed E-state index contributed by atoms with van der Waals surface area (Å²) in [6.45, 7) is 6.96. The summed E-state index contributed by atoms with van der Waals surface area (Å²) in [5, 5.41) is 7.63. The molecule has 0 aliphatic carbocycles. The number of hydrogen-bond donors (Lipinski definition) is 1. The quantitative estimate of drug-likeness (QED) is 0.550. The molecule has 0 saturated carbocycles. The van der Waals surface area contributed by atoms with Gasteiger partial charge in [0.15, 0.2) is 11.6 Å². The Morgan fingerprint density at radius 1 is 1.29 bits per heavy atom. The maximum absolute atomic E-state index is 12.5. The van der Waals surface area contributed by atoms with Gasteiger partial charge >= 0.3 is 0 Å². The van der Waals surface area contributed by atoms with Crippen LogP contribution in [0.2, 0.25) is 0 Å². The molecule has 1 N–H and O–H groups in total. The molecule has 0 aromatic carbocycles. The molecule has 0 bridgehead atoms. The van der Waals surface area contributed by atoms with Gasteiger partial charge in [-0.15, -0.1) is 5.10 Å². The number of ketones is 1. The molecule has 0 fully saturated rings. The van der Waals surface area contributed by atoms with Crippen LogP contribution in [0, 0.1) is 13.8 Å². The number of carbonyl (C=O) groups is 1. The van der Waals surface area contributed by atoms with Crippen LogP contribution in [0.1, 0.15) is 28.7 Å². The van der Waals surface area contributed by atoms with Gasteiger partial charge in [0.25, 0.3) is 0 Å². The minimum absolute atomic E-state index is 0.100. The van der Waals surface area contributed by atoms with E-state index >= 15 is 0 Å². The lowest BCUT2D eigenvalue weighted by atomic mass is 10.2. The Morgan fingerprint density at radius 2 is 2.04 bits per heavy atom. The summed E-state index contributed by atoms with van der Waals surface area (Å²) >= 11 is 1.34. The van der Waals surface area contributed by atoms with Crippen LogP contribution in [-0.2, 0) is 6.54 Å². The van der Waals surface area contributed by atoms with Crippen LogP contribution < -0.4 is 0 Å². The van der Waals surface area contributed by atoms with Crippen LogP contribution in [0.5, 0.6) is 0 Å². The van der Waals surface area contributed by atoms with Crippen LogP contribution in [0.25, 0.3) is 11.4 Å². The Morgan fingerprint density at radius 3 is 2.71 bits per heavy atom. The van der Waals surface area contributed by atoms with E-state index in [1.807, 2.05) is 32.0 Å². The number of Topliss-reactive ketones (excluding diaryl/α,β-unsaturated/α-hetero) is 1. The second-order valence-corrected chi connectivity index (χ2v) is 6.39. The highest BCUT2D eigenvalue weighted by Crippen LogP contribution is 2.21. The lowest BCUT2D eigenvalue weighted by Crippen LogP contribution is -2.06. The van der Waals surface area contributed by atoms with Gasteiger partial charge in [-0.25, -0.2) is 4.98 Å². The van der Waals surface area contributed by atoms with E-state index in [-0.39, 0.29) is 5.78 Å². The molecule has 3 aromatic rings. The fraction of sp³-hybridized carbons (Fsp3) is 0.294. The summed E-state index contributed by atoms with van der Waals surface area (Å²) in [6.07, 6.45) is 3.41. The lowest BCUT2D eigenvalue weighted by Gasteiger charge is -2.05. The third-order valence-corrected chi connectivity index (χ3v) is 4.79. The molecule has 124 valence electrons. The third kappa shape index (κ3) is 3.26. The fourth-order valence-electron chi connectivity index (χ4n) is 2.73. The molecule has 0 radical (unpaired) electrons. The third-order valence-electron chi connectivity index (χ3n) is 3.94. The number of nitrogens with zero attached hydrogens (tertiary/aromatic N) is 4. The normalized spacial score (nSPS) is 11.0. The number of nitrogens with one attached hydrogen (secondary N) is 1. The zero-order valence-corrected chi connectivity index (χ0v) is 14.7. The number of aromatic nitrogens is 5. The molecular weight excluding hydrogens is 322 g/mol. The number of aromatic amines is 1. The molecule has 0 aliphatic heterocycles. The van der Waals surface area contributed by atoms with Gasteiger partial charge in [0, 0.05) is 41.5 Å². The van der Waals surface area contributed by atoms with E-state index in [4.69, 9.17) is 0 Å². The first-order valence-corrected chi connectivity index (χ1v) is 8.74. The zero-order valence-electron chi connectivity index (χ0n) is 13.9. The summed E-state index contributed by atoms with van der Waals surface area (Å²) in [7, 11) is 0. The summed E-state index contributed by atoms with van der Waals surface area (Å²) < 4.78 is 2.15. The minimum atomic E-state index is 0.100. The molecule has 0 amide bonds. The summed E-state index contributed by atoms with van der Waals surface area (Å²) in [5.74, 6) is 1.10. The van der Waals surface area contributed by atoms with Crippen molar-refractivity contribution in [2.24, 2.45) is 0 Å². The topological polar surface area (TPSA) is 76.5 Å². The van der Waals surface area contributed by atoms with E-state index in [0.717, 1.165) is 29.1 Å². The SMILES string of the molecule is CCn1c(C)cc(C(=O)CSc2n[nH]c(-c3ccncc3)n2)c1C. The average molecular weight is 341 g/mol.